The number of aliphatic hydroxyl groups excluding tert-OH is 1. The van der Waals surface area contributed by atoms with Gasteiger partial charge in [0.2, 0.25) is 0 Å². The third-order valence-corrected chi connectivity index (χ3v) is 6.48. The minimum absolute atomic E-state index is 0.0163. The Balaban J connectivity index is 1.80. The molecule has 2 N–H and O–H groups in total. The molecule has 1 heterocycles. The van der Waals surface area contributed by atoms with Crippen LogP contribution >= 0.6 is 0 Å². The number of nitrogens with one attached hydrogen (secondary N) is 1. The van der Waals surface area contributed by atoms with Crippen LogP contribution in [-0.2, 0) is 0 Å². The summed E-state index contributed by atoms with van der Waals surface area (Å²) in [5.74, 6) is 0.655. The number of likely N-dealkylation sites (tertiary alicyclic amines) is 1. The molecule has 0 amide bonds. The van der Waals surface area contributed by atoms with Gasteiger partial charge in [0.1, 0.15) is 0 Å². The van der Waals surface area contributed by atoms with Gasteiger partial charge in [-0.05, 0) is 69.6 Å². The van der Waals surface area contributed by atoms with Crippen molar-refractivity contribution in [1.82, 2.24) is 10.2 Å². The smallest absolute Gasteiger partial charge is 0.0616 e. The lowest BCUT2D eigenvalue weighted by molar-refractivity contribution is 0.0878. The SMILES string of the molecule is CCNC1(CO)CCCC1CCN1CCC(C)(CC)CC1. The van der Waals surface area contributed by atoms with Gasteiger partial charge in [-0.3, -0.25) is 0 Å². The zero-order valence-corrected chi connectivity index (χ0v) is 14.5. The maximum atomic E-state index is 9.88. The number of likely N-dealkylation sites (N-methyl/N-ethyl adjacent to an activating group) is 1. The maximum Gasteiger partial charge on any atom is 0.0616 e. The Hall–Kier alpha value is -0.120. The van der Waals surface area contributed by atoms with E-state index in [9.17, 15) is 5.11 Å². The molecule has 1 aliphatic carbocycles. The molecule has 0 aromatic carbocycles. The minimum Gasteiger partial charge on any atom is -0.394 e. The van der Waals surface area contributed by atoms with E-state index < -0.39 is 0 Å². The molecule has 0 aromatic heterocycles. The van der Waals surface area contributed by atoms with E-state index >= 15 is 0 Å². The van der Waals surface area contributed by atoms with Gasteiger partial charge in [-0.15, -0.1) is 0 Å². The van der Waals surface area contributed by atoms with Crippen LogP contribution in [0.25, 0.3) is 0 Å². The number of hydrogen-bond donors (Lipinski definition) is 2. The molecular weight excluding hydrogens is 260 g/mol. The van der Waals surface area contributed by atoms with Crippen molar-refractivity contribution in [2.24, 2.45) is 11.3 Å². The first kappa shape index (κ1) is 17.2. The number of aliphatic hydroxyl groups is 1. The molecule has 0 spiro atoms. The second-order valence-corrected chi connectivity index (χ2v) is 7.73. The molecule has 2 fully saturated rings. The van der Waals surface area contributed by atoms with Gasteiger partial charge in [-0.25, -0.2) is 0 Å². The molecule has 2 atom stereocenters. The molecule has 21 heavy (non-hydrogen) atoms. The highest BCUT2D eigenvalue weighted by atomic mass is 16.3. The molecule has 2 unspecified atom stereocenters. The Bertz CT molecular complexity index is 312. The highest BCUT2D eigenvalue weighted by Gasteiger charge is 2.41. The van der Waals surface area contributed by atoms with Crippen LogP contribution in [0.4, 0.5) is 0 Å². The summed E-state index contributed by atoms with van der Waals surface area (Å²) in [5, 5.41) is 13.5. The number of piperidine rings is 1. The van der Waals surface area contributed by atoms with Crippen molar-refractivity contribution in [3.8, 4) is 0 Å². The summed E-state index contributed by atoms with van der Waals surface area (Å²) in [4.78, 5) is 2.66. The lowest BCUT2D eigenvalue weighted by Crippen LogP contribution is -2.52. The predicted octanol–water partition coefficient (Wildman–Crippen LogP) is 3.03. The molecule has 0 radical (unpaired) electrons. The molecule has 0 aromatic rings. The Morgan fingerprint density at radius 3 is 2.48 bits per heavy atom. The molecular formula is C18H36N2O. The average molecular weight is 296 g/mol. The summed E-state index contributed by atoms with van der Waals surface area (Å²) in [6.45, 7) is 12.0. The van der Waals surface area contributed by atoms with Crippen molar-refractivity contribution in [2.45, 2.75) is 71.3 Å². The van der Waals surface area contributed by atoms with E-state index in [1.165, 1.54) is 58.2 Å². The van der Waals surface area contributed by atoms with E-state index in [-0.39, 0.29) is 5.54 Å². The van der Waals surface area contributed by atoms with E-state index in [1.807, 2.05) is 0 Å². The van der Waals surface area contributed by atoms with Crippen molar-refractivity contribution in [3.05, 3.63) is 0 Å². The van der Waals surface area contributed by atoms with Crippen molar-refractivity contribution in [2.75, 3.05) is 32.8 Å². The van der Waals surface area contributed by atoms with Crippen LogP contribution in [0.3, 0.4) is 0 Å². The number of hydrogen-bond acceptors (Lipinski definition) is 3. The minimum atomic E-state index is 0.0163. The van der Waals surface area contributed by atoms with Crippen LogP contribution < -0.4 is 5.32 Å². The van der Waals surface area contributed by atoms with E-state index in [4.69, 9.17) is 0 Å². The van der Waals surface area contributed by atoms with Crippen molar-refractivity contribution in [1.29, 1.82) is 0 Å². The van der Waals surface area contributed by atoms with Gasteiger partial charge in [0.15, 0.2) is 0 Å². The third kappa shape index (κ3) is 4.00. The van der Waals surface area contributed by atoms with Crippen molar-refractivity contribution in [3.63, 3.8) is 0 Å². The fraction of sp³-hybridized carbons (Fsp3) is 1.00. The Morgan fingerprint density at radius 1 is 1.19 bits per heavy atom. The summed E-state index contributed by atoms with van der Waals surface area (Å²) in [5.41, 5.74) is 0.602. The largest absolute Gasteiger partial charge is 0.394 e. The highest BCUT2D eigenvalue weighted by Crippen LogP contribution is 2.39. The van der Waals surface area contributed by atoms with Crippen LogP contribution in [0, 0.1) is 11.3 Å². The van der Waals surface area contributed by atoms with Crippen LogP contribution in [-0.4, -0.2) is 48.3 Å². The van der Waals surface area contributed by atoms with E-state index in [0.717, 1.165) is 13.0 Å². The van der Waals surface area contributed by atoms with Gasteiger partial charge in [-0.2, -0.15) is 0 Å². The summed E-state index contributed by atoms with van der Waals surface area (Å²) in [6, 6.07) is 0. The maximum absolute atomic E-state index is 9.88. The van der Waals surface area contributed by atoms with Crippen LogP contribution in [0.2, 0.25) is 0 Å². The Labute approximate surface area is 131 Å². The molecule has 1 saturated carbocycles. The summed E-state index contributed by atoms with van der Waals surface area (Å²) in [6.07, 6.45) is 8.98. The fourth-order valence-corrected chi connectivity index (χ4v) is 4.42. The topological polar surface area (TPSA) is 35.5 Å². The van der Waals surface area contributed by atoms with Crippen LogP contribution in [0.5, 0.6) is 0 Å². The van der Waals surface area contributed by atoms with E-state index in [2.05, 4.69) is 31.0 Å². The van der Waals surface area contributed by atoms with Crippen molar-refractivity contribution >= 4 is 0 Å². The first-order chi connectivity index (χ1) is 10.1. The van der Waals surface area contributed by atoms with E-state index in [0.29, 0.717) is 17.9 Å². The highest BCUT2D eigenvalue weighted by molar-refractivity contribution is 4.99. The summed E-state index contributed by atoms with van der Waals surface area (Å²) in [7, 11) is 0. The number of rotatable bonds is 7. The first-order valence-corrected chi connectivity index (χ1v) is 9.16. The van der Waals surface area contributed by atoms with Gasteiger partial charge in [0.05, 0.1) is 6.61 Å². The van der Waals surface area contributed by atoms with Gasteiger partial charge >= 0.3 is 0 Å². The van der Waals surface area contributed by atoms with Gasteiger partial charge in [-0.1, -0.05) is 33.6 Å². The monoisotopic (exact) mass is 296 g/mol. The lowest BCUT2D eigenvalue weighted by Gasteiger charge is -2.40. The zero-order chi connectivity index (χ0) is 15.3. The van der Waals surface area contributed by atoms with Gasteiger partial charge in [0, 0.05) is 5.54 Å². The molecule has 3 heteroatoms. The second-order valence-electron chi connectivity index (χ2n) is 7.73. The number of nitrogens with zero attached hydrogens (tertiary/aromatic N) is 1. The fourth-order valence-electron chi connectivity index (χ4n) is 4.42. The summed E-state index contributed by atoms with van der Waals surface area (Å²) >= 11 is 0. The zero-order valence-electron chi connectivity index (χ0n) is 14.5. The standard InChI is InChI=1S/C18H36N2O/c1-4-17(3)10-13-20(14-11-17)12-8-16-7-6-9-18(16,15-21)19-5-2/h16,19,21H,4-15H2,1-3H3. The van der Waals surface area contributed by atoms with E-state index in [1.54, 1.807) is 0 Å². The third-order valence-electron chi connectivity index (χ3n) is 6.48. The second kappa shape index (κ2) is 7.43. The van der Waals surface area contributed by atoms with Gasteiger partial charge in [0.25, 0.3) is 0 Å². The molecule has 2 aliphatic rings. The molecule has 1 saturated heterocycles. The molecule has 3 nitrogen and oxygen atoms in total. The van der Waals surface area contributed by atoms with Crippen molar-refractivity contribution < 1.29 is 5.11 Å². The van der Waals surface area contributed by atoms with Gasteiger partial charge < -0.3 is 15.3 Å². The quantitative estimate of drug-likeness (QED) is 0.758. The predicted molar refractivity (Wildman–Crippen MR) is 89.5 cm³/mol. The molecule has 1 aliphatic heterocycles. The lowest BCUT2D eigenvalue weighted by atomic mass is 9.78. The molecule has 2 rings (SSSR count). The summed E-state index contributed by atoms with van der Waals surface area (Å²) < 4.78 is 0. The first-order valence-electron chi connectivity index (χ1n) is 9.16. The van der Waals surface area contributed by atoms with Crippen LogP contribution in [0.15, 0.2) is 0 Å². The van der Waals surface area contributed by atoms with Crippen LogP contribution in [0.1, 0.15) is 65.7 Å². The molecule has 124 valence electrons. The Morgan fingerprint density at radius 2 is 1.90 bits per heavy atom. The average Bonchev–Trinajstić information content (AvgIpc) is 2.90. The normalized spacial score (nSPS) is 33.4. The molecule has 0 bridgehead atoms. The Kier molecular flexibility index (Phi) is 6.10.